The molecule has 112 valence electrons. The summed E-state index contributed by atoms with van der Waals surface area (Å²) in [4.78, 5) is 8.61. The van der Waals surface area contributed by atoms with Crippen molar-refractivity contribution in [2.24, 2.45) is 10.7 Å². The number of rotatable bonds is 3. The minimum Gasteiger partial charge on any atom is -0.398 e. The van der Waals surface area contributed by atoms with Crippen molar-refractivity contribution in [2.45, 2.75) is 6.92 Å². The summed E-state index contributed by atoms with van der Waals surface area (Å²) in [7, 11) is 0. The quantitative estimate of drug-likeness (QED) is 0.300. The number of thiocarbonyl (C=S) groups is 1. The molecule has 0 aliphatic heterocycles. The summed E-state index contributed by atoms with van der Waals surface area (Å²) in [5.41, 5.74) is 15.0. The second-order valence-corrected chi connectivity index (χ2v) is 5.02. The van der Waals surface area contributed by atoms with Crippen LogP contribution in [0.1, 0.15) is 16.8 Å². The lowest BCUT2D eigenvalue weighted by Crippen LogP contribution is -2.24. The molecule has 2 aromatic rings. The number of nitrogens with one attached hydrogen (secondary N) is 2. The summed E-state index contributed by atoms with van der Waals surface area (Å²) in [5.74, 6) is 0.146. The molecule has 0 unspecified atom stereocenters. The fourth-order valence-electron chi connectivity index (χ4n) is 1.71. The molecular formula is C15H16N6S. The van der Waals surface area contributed by atoms with Crippen molar-refractivity contribution in [2.75, 3.05) is 11.1 Å². The van der Waals surface area contributed by atoms with Gasteiger partial charge in [-0.2, -0.15) is 0 Å². The number of aryl methyl sites for hydroxylation is 1. The summed E-state index contributed by atoms with van der Waals surface area (Å²) in [5, 5.41) is 10.2. The highest BCUT2D eigenvalue weighted by molar-refractivity contribution is 7.80. The van der Waals surface area contributed by atoms with Gasteiger partial charge in [-0.1, -0.05) is 18.3 Å². The molecule has 7 heteroatoms. The molecule has 0 saturated heterocycles. The summed E-state index contributed by atoms with van der Waals surface area (Å²) in [6.07, 6.45) is 2.89. The Bertz CT molecular complexity index is 736. The van der Waals surface area contributed by atoms with Gasteiger partial charge in [0.2, 0.25) is 0 Å². The van der Waals surface area contributed by atoms with E-state index in [0.29, 0.717) is 27.6 Å². The Morgan fingerprint density at radius 3 is 2.77 bits per heavy atom. The van der Waals surface area contributed by atoms with Crippen LogP contribution in [0.3, 0.4) is 0 Å². The second-order valence-electron chi connectivity index (χ2n) is 4.64. The van der Waals surface area contributed by atoms with Gasteiger partial charge in [-0.3, -0.25) is 4.98 Å². The zero-order chi connectivity index (χ0) is 16.1. The molecule has 6 nitrogen and oxygen atoms in total. The zero-order valence-corrected chi connectivity index (χ0v) is 12.8. The maximum atomic E-state index is 7.28. The summed E-state index contributed by atoms with van der Waals surface area (Å²) in [6, 6.07) is 8.85. The minimum absolute atomic E-state index is 0.146. The monoisotopic (exact) mass is 312 g/mol. The van der Waals surface area contributed by atoms with Crippen LogP contribution in [-0.4, -0.2) is 22.1 Å². The van der Waals surface area contributed by atoms with E-state index in [1.54, 1.807) is 30.5 Å². The number of anilines is 2. The molecule has 0 amide bonds. The molecule has 0 aliphatic rings. The first-order chi connectivity index (χ1) is 10.5. The smallest absolute Gasteiger partial charge is 0.199 e. The number of nitrogens with zero attached hydrogens (tertiary/aromatic N) is 2. The van der Waals surface area contributed by atoms with Gasteiger partial charge < -0.3 is 22.2 Å². The topological polar surface area (TPSA) is 113 Å². The van der Waals surface area contributed by atoms with Gasteiger partial charge in [0.1, 0.15) is 0 Å². The van der Waals surface area contributed by atoms with Gasteiger partial charge in [-0.25, -0.2) is 4.99 Å². The Morgan fingerprint density at radius 2 is 2.14 bits per heavy atom. The number of nitrogen functional groups attached to an aromatic ring is 1. The van der Waals surface area contributed by atoms with Crippen molar-refractivity contribution in [3.8, 4) is 0 Å². The van der Waals surface area contributed by atoms with E-state index in [0.717, 1.165) is 5.56 Å². The van der Waals surface area contributed by atoms with E-state index in [1.807, 2.05) is 13.0 Å². The third-order valence-electron chi connectivity index (χ3n) is 2.87. The van der Waals surface area contributed by atoms with Crippen molar-refractivity contribution < 1.29 is 0 Å². The highest BCUT2D eigenvalue weighted by Crippen LogP contribution is 2.15. The first kappa shape index (κ1) is 15.6. The molecule has 6 N–H and O–H groups in total. The number of aliphatic imine (C=N–C) groups is 1. The van der Waals surface area contributed by atoms with Crippen molar-refractivity contribution in [3.05, 3.63) is 53.3 Å². The number of hydrogen-bond donors (Lipinski definition) is 4. The number of hydrogen-bond acceptors (Lipinski definition) is 4. The largest absolute Gasteiger partial charge is 0.398 e. The van der Waals surface area contributed by atoms with Gasteiger partial charge in [0.05, 0.1) is 5.69 Å². The molecule has 0 saturated carbocycles. The number of benzene rings is 1. The average molecular weight is 312 g/mol. The molecule has 1 aromatic carbocycles. The van der Waals surface area contributed by atoms with Gasteiger partial charge in [0.25, 0.3) is 0 Å². The Morgan fingerprint density at radius 1 is 1.36 bits per heavy atom. The lowest BCUT2D eigenvalue weighted by Gasteiger charge is -2.08. The van der Waals surface area contributed by atoms with E-state index in [-0.39, 0.29) is 5.96 Å². The van der Waals surface area contributed by atoms with Crippen molar-refractivity contribution >= 4 is 40.8 Å². The fourth-order valence-corrected chi connectivity index (χ4v) is 1.93. The summed E-state index contributed by atoms with van der Waals surface area (Å²) in [6.45, 7) is 1.95. The Labute approximate surface area is 133 Å². The first-order valence-electron chi connectivity index (χ1n) is 6.48. The van der Waals surface area contributed by atoms with Crippen LogP contribution < -0.4 is 16.8 Å². The molecule has 22 heavy (non-hydrogen) atoms. The number of aromatic nitrogens is 1. The molecule has 0 aliphatic carbocycles. The molecule has 0 atom stereocenters. The SMILES string of the molecule is Cc1ccc(C(=S)N=C(N)Nc2ccc(N)c(C=N)c2)nc1. The van der Waals surface area contributed by atoms with Gasteiger partial charge in [0, 0.05) is 29.3 Å². The molecular weight excluding hydrogens is 296 g/mol. The van der Waals surface area contributed by atoms with E-state index < -0.39 is 0 Å². The van der Waals surface area contributed by atoms with E-state index in [9.17, 15) is 0 Å². The van der Waals surface area contributed by atoms with Crippen LogP contribution >= 0.6 is 12.2 Å². The highest BCUT2D eigenvalue weighted by Gasteiger charge is 2.04. The van der Waals surface area contributed by atoms with Crippen molar-refractivity contribution in [1.29, 1.82) is 5.41 Å². The van der Waals surface area contributed by atoms with Gasteiger partial charge in [-0.05, 0) is 36.8 Å². The molecule has 0 bridgehead atoms. The fraction of sp³-hybridized carbons (Fsp3) is 0.0667. The van der Waals surface area contributed by atoms with E-state index in [2.05, 4.69) is 15.3 Å². The van der Waals surface area contributed by atoms with Crippen LogP contribution in [-0.2, 0) is 0 Å². The summed E-state index contributed by atoms with van der Waals surface area (Å²) >= 11 is 5.20. The van der Waals surface area contributed by atoms with E-state index in [1.165, 1.54) is 6.21 Å². The van der Waals surface area contributed by atoms with E-state index >= 15 is 0 Å². The molecule has 1 heterocycles. The third kappa shape index (κ3) is 3.86. The second kappa shape index (κ2) is 6.77. The average Bonchev–Trinajstić information content (AvgIpc) is 2.49. The predicted molar refractivity (Wildman–Crippen MR) is 94.7 cm³/mol. The molecule has 0 fully saturated rings. The highest BCUT2D eigenvalue weighted by atomic mass is 32.1. The normalized spacial score (nSPS) is 11.0. The minimum atomic E-state index is 0.146. The van der Waals surface area contributed by atoms with Gasteiger partial charge in [-0.15, -0.1) is 0 Å². The van der Waals surface area contributed by atoms with E-state index in [4.69, 9.17) is 29.1 Å². The lowest BCUT2D eigenvalue weighted by atomic mass is 10.2. The molecule has 0 spiro atoms. The van der Waals surface area contributed by atoms with Crippen molar-refractivity contribution in [3.63, 3.8) is 0 Å². The number of nitrogens with two attached hydrogens (primary N) is 2. The predicted octanol–water partition coefficient (Wildman–Crippen LogP) is 2.07. The molecule has 0 radical (unpaired) electrons. The maximum Gasteiger partial charge on any atom is 0.199 e. The van der Waals surface area contributed by atoms with Crippen LogP contribution in [0.2, 0.25) is 0 Å². The molecule has 2 rings (SSSR count). The first-order valence-corrected chi connectivity index (χ1v) is 6.88. The van der Waals surface area contributed by atoms with Gasteiger partial charge >= 0.3 is 0 Å². The van der Waals surface area contributed by atoms with Gasteiger partial charge in [0.15, 0.2) is 10.9 Å². The van der Waals surface area contributed by atoms with Crippen LogP contribution in [0, 0.1) is 12.3 Å². The molecule has 1 aromatic heterocycles. The third-order valence-corrected chi connectivity index (χ3v) is 3.17. The Kier molecular flexibility index (Phi) is 4.80. The lowest BCUT2D eigenvalue weighted by molar-refractivity contribution is 1.24. The Balaban J connectivity index is 2.14. The number of guanidine groups is 1. The maximum absolute atomic E-state index is 7.28. The number of pyridine rings is 1. The van der Waals surface area contributed by atoms with Crippen LogP contribution in [0.25, 0.3) is 0 Å². The van der Waals surface area contributed by atoms with Crippen LogP contribution in [0.5, 0.6) is 0 Å². The summed E-state index contributed by atoms with van der Waals surface area (Å²) < 4.78 is 0. The Hall–Kier alpha value is -2.80. The van der Waals surface area contributed by atoms with Crippen LogP contribution in [0.4, 0.5) is 11.4 Å². The zero-order valence-electron chi connectivity index (χ0n) is 12.0. The van der Waals surface area contributed by atoms with Crippen molar-refractivity contribution in [1.82, 2.24) is 4.98 Å². The van der Waals surface area contributed by atoms with Crippen LogP contribution in [0.15, 0.2) is 41.5 Å². The standard InChI is InChI=1S/C15H16N6S/c1-9-2-5-13(19-8-9)14(22)21-15(18)20-11-3-4-12(17)10(6-11)7-16/h2-8,16H,17H2,1H3,(H3,18,20,21,22).